The molecule has 0 saturated heterocycles. The van der Waals surface area contributed by atoms with E-state index in [9.17, 15) is 0 Å². The van der Waals surface area contributed by atoms with E-state index in [0.717, 1.165) is 6.54 Å². The predicted octanol–water partition coefficient (Wildman–Crippen LogP) is 2.29. The predicted molar refractivity (Wildman–Crippen MR) is 47.2 cm³/mol. The molecule has 1 nitrogen and oxygen atoms in total. The minimum absolute atomic E-state index is 1.15. The highest BCUT2D eigenvalue weighted by molar-refractivity contribution is 4.92. The van der Waals surface area contributed by atoms with Gasteiger partial charge in [-0.05, 0) is 33.9 Å². The maximum Gasteiger partial charge on any atom is 0.00128 e. The summed E-state index contributed by atoms with van der Waals surface area (Å²) in [7, 11) is 2.15. The minimum atomic E-state index is 1.15. The molecule has 0 atom stereocenters. The molecule has 0 bridgehead atoms. The Morgan fingerprint density at radius 1 is 1.40 bits per heavy atom. The van der Waals surface area contributed by atoms with Crippen LogP contribution in [0.4, 0.5) is 0 Å². The van der Waals surface area contributed by atoms with E-state index in [-0.39, 0.29) is 0 Å². The normalized spacial score (nSPS) is 10.1. The number of allylic oxidation sites excluding steroid dienone is 1. The van der Waals surface area contributed by atoms with Crippen molar-refractivity contribution in [2.75, 3.05) is 20.1 Å². The van der Waals surface area contributed by atoms with Crippen LogP contribution >= 0.6 is 0 Å². The Bertz CT molecular complexity index is 101. The van der Waals surface area contributed by atoms with Crippen LogP contribution in [0.5, 0.6) is 0 Å². The molecule has 0 aliphatic carbocycles. The van der Waals surface area contributed by atoms with Crippen molar-refractivity contribution in [3.8, 4) is 0 Å². The Hall–Kier alpha value is -0.300. The topological polar surface area (TPSA) is 3.24 Å². The lowest BCUT2D eigenvalue weighted by Crippen LogP contribution is -2.18. The molecule has 0 unspecified atom stereocenters. The third-order valence-corrected chi connectivity index (χ3v) is 1.60. The minimum Gasteiger partial charge on any atom is -0.306 e. The molecule has 0 aliphatic rings. The second-order valence-corrected chi connectivity index (χ2v) is 2.97. The molecule has 0 radical (unpaired) electrons. The number of hydrogen-bond donors (Lipinski definition) is 0. The Kier molecular flexibility index (Phi) is 5.32. The van der Waals surface area contributed by atoms with Gasteiger partial charge in [0.25, 0.3) is 0 Å². The van der Waals surface area contributed by atoms with E-state index in [1.165, 1.54) is 18.5 Å². The molecular weight excluding hydrogens is 122 g/mol. The van der Waals surface area contributed by atoms with Gasteiger partial charge in [-0.2, -0.15) is 0 Å². The van der Waals surface area contributed by atoms with E-state index in [1.54, 1.807) is 0 Å². The summed E-state index contributed by atoms with van der Waals surface area (Å²) in [5, 5.41) is 0. The third kappa shape index (κ3) is 5.83. The maximum atomic E-state index is 2.32. The lowest BCUT2D eigenvalue weighted by atomic mass is 10.2. The number of hydrogen-bond acceptors (Lipinski definition) is 1. The van der Waals surface area contributed by atoms with E-state index >= 15 is 0 Å². The second kappa shape index (κ2) is 5.48. The van der Waals surface area contributed by atoms with Gasteiger partial charge >= 0.3 is 0 Å². The molecule has 0 aromatic rings. The summed E-state index contributed by atoms with van der Waals surface area (Å²) in [5.74, 6) is 0. The molecule has 0 heterocycles. The first kappa shape index (κ1) is 9.70. The summed E-state index contributed by atoms with van der Waals surface area (Å²) >= 11 is 0. The zero-order valence-corrected chi connectivity index (χ0v) is 7.65. The highest BCUT2D eigenvalue weighted by Crippen LogP contribution is 1.93. The first-order valence-corrected chi connectivity index (χ1v) is 3.98. The van der Waals surface area contributed by atoms with Crippen molar-refractivity contribution >= 4 is 0 Å². The van der Waals surface area contributed by atoms with Gasteiger partial charge in [-0.3, -0.25) is 0 Å². The van der Waals surface area contributed by atoms with Gasteiger partial charge in [0.2, 0.25) is 0 Å². The Morgan fingerprint density at radius 3 is 2.40 bits per heavy atom. The molecule has 0 fully saturated rings. The molecule has 0 amide bonds. The van der Waals surface area contributed by atoms with Crippen LogP contribution in [0, 0.1) is 0 Å². The average molecular weight is 141 g/mol. The zero-order chi connectivity index (χ0) is 7.98. The summed E-state index contributed by atoms with van der Waals surface area (Å²) in [5.41, 5.74) is 1.42. The summed E-state index contributed by atoms with van der Waals surface area (Å²) in [4.78, 5) is 2.32. The lowest BCUT2D eigenvalue weighted by Gasteiger charge is -2.11. The number of nitrogens with zero attached hydrogens (tertiary/aromatic N) is 1. The fraction of sp³-hybridized carbons (Fsp3) is 0.778. The van der Waals surface area contributed by atoms with Crippen LogP contribution in [0.3, 0.4) is 0 Å². The number of rotatable bonds is 4. The smallest absolute Gasteiger partial charge is 0.00128 e. The van der Waals surface area contributed by atoms with Crippen molar-refractivity contribution in [3.63, 3.8) is 0 Å². The summed E-state index contributed by atoms with van der Waals surface area (Å²) in [6.07, 6.45) is 3.47. The zero-order valence-electron chi connectivity index (χ0n) is 7.65. The average Bonchev–Trinajstić information content (AvgIpc) is 1.87. The molecule has 60 valence electrons. The molecule has 0 aliphatic heterocycles. The second-order valence-electron chi connectivity index (χ2n) is 2.97. The van der Waals surface area contributed by atoms with Crippen molar-refractivity contribution < 1.29 is 0 Å². The van der Waals surface area contributed by atoms with Gasteiger partial charge in [-0.1, -0.05) is 18.6 Å². The first-order chi connectivity index (χ1) is 4.66. The molecule has 10 heavy (non-hydrogen) atoms. The van der Waals surface area contributed by atoms with Crippen LogP contribution in [-0.4, -0.2) is 25.0 Å². The molecule has 0 N–H and O–H groups in total. The molecule has 0 saturated carbocycles. The Labute approximate surface area is 64.7 Å². The van der Waals surface area contributed by atoms with Crippen molar-refractivity contribution in [2.45, 2.75) is 27.2 Å². The fourth-order valence-electron chi connectivity index (χ4n) is 0.732. The van der Waals surface area contributed by atoms with E-state index in [0.29, 0.717) is 0 Å². The van der Waals surface area contributed by atoms with Gasteiger partial charge in [0, 0.05) is 6.54 Å². The van der Waals surface area contributed by atoms with Gasteiger partial charge in [0.1, 0.15) is 0 Å². The molecule has 1 heteroatoms. The van der Waals surface area contributed by atoms with Crippen LogP contribution in [0.2, 0.25) is 0 Å². The SMILES string of the molecule is CCN(C)CCC=C(C)C. The van der Waals surface area contributed by atoms with Crippen LogP contribution in [0.1, 0.15) is 27.2 Å². The molecule has 0 aromatic carbocycles. The maximum absolute atomic E-state index is 2.32. The molecule has 0 aromatic heterocycles. The fourth-order valence-corrected chi connectivity index (χ4v) is 0.732. The van der Waals surface area contributed by atoms with E-state index in [1.807, 2.05) is 0 Å². The highest BCUT2D eigenvalue weighted by Gasteiger charge is 1.89. The van der Waals surface area contributed by atoms with E-state index in [4.69, 9.17) is 0 Å². The molecule has 0 spiro atoms. The molecule has 0 rings (SSSR count). The van der Waals surface area contributed by atoms with Gasteiger partial charge in [0.15, 0.2) is 0 Å². The Balaban J connectivity index is 3.28. The van der Waals surface area contributed by atoms with Crippen molar-refractivity contribution in [1.82, 2.24) is 4.90 Å². The van der Waals surface area contributed by atoms with Gasteiger partial charge in [0.05, 0.1) is 0 Å². The van der Waals surface area contributed by atoms with Crippen LogP contribution < -0.4 is 0 Å². The first-order valence-electron chi connectivity index (χ1n) is 3.98. The molecular formula is C9H19N. The van der Waals surface area contributed by atoms with Crippen molar-refractivity contribution in [3.05, 3.63) is 11.6 Å². The Morgan fingerprint density at radius 2 is 2.00 bits per heavy atom. The summed E-state index contributed by atoms with van der Waals surface area (Å²) in [6, 6.07) is 0. The lowest BCUT2D eigenvalue weighted by molar-refractivity contribution is 0.360. The van der Waals surface area contributed by atoms with E-state index < -0.39 is 0 Å². The van der Waals surface area contributed by atoms with Gasteiger partial charge in [-0.25, -0.2) is 0 Å². The monoisotopic (exact) mass is 141 g/mol. The standard InChI is InChI=1S/C9H19N/c1-5-10(4)8-6-7-9(2)3/h7H,5-6,8H2,1-4H3. The van der Waals surface area contributed by atoms with Gasteiger partial charge in [-0.15, -0.1) is 0 Å². The highest BCUT2D eigenvalue weighted by atomic mass is 15.1. The third-order valence-electron chi connectivity index (χ3n) is 1.60. The summed E-state index contributed by atoms with van der Waals surface area (Å²) in [6.45, 7) is 8.80. The quantitative estimate of drug-likeness (QED) is 0.543. The van der Waals surface area contributed by atoms with Gasteiger partial charge < -0.3 is 4.90 Å². The largest absolute Gasteiger partial charge is 0.306 e. The van der Waals surface area contributed by atoms with Crippen molar-refractivity contribution in [2.24, 2.45) is 0 Å². The van der Waals surface area contributed by atoms with Crippen LogP contribution in [-0.2, 0) is 0 Å². The van der Waals surface area contributed by atoms with E-state index in [2.05, 4.69) is 38.8 Å². The van der Waals surface area contributed by atoms with Crippen LogP contribution in [0.25, 0.3) is 0 Å². The summed E-state index contributed by atoms with van der Waals surface area (Å²) < 4.78 is 0. The van der Waals surface area contributed by atoms with Crippen LogP contribution in [0.15, 0.2) is 11.6 Å². The van der Waals surface area contributed by atoms with Crippen molar-refractivity contribution in [1.29, 1.82) is 0 Å².